The van der Waals surface area contributed by atoms with Crippen molar-refractivity contribution in [3.8, 4) is 11.5 Å². The van der Waals surface area contributed by atoms with Crippen molar-refractivity contribution < 1.29 is 38.5 Å². The number of allylic oxidation sites excluding steroid dienone is 1. The van der Waals surface area contributed by atoms with E-state index in [4.69, 9.17) is 14.2 Å². The third-order valence-electron chi connectivity index (χ3n) is 8.71. The zero-order valence-electron chi connectivity index (χ0n) is 27.1. The number of fused-ring (bicyclic) bond motifs is 3. The van der Waals surface area contributed by atoms with Crippen molar-refractivity contribution in [2.24, 2.45) is 5.92 Å². The maximum absolute atomic E-state index is 14.2. The molecule has 248 valence electrons. The summed E-state index contributed by atoms with van der Waals surface area (Å²) in [7, 11) is 1.58. The van der Waals surface area contributed by atoms with E-state index in [1.165, 1.54) is 4.90 Å². The van der Waals surface area contributed by atoms with Crippen LogP contribution in [-0.4, -0.2) is 81.8 Å². The highest BCUT2D eigenvalue weighted by atomic mass is 16.6. The third-order valence-corrected chi connectivity index (χ3v) is 8.71. The van der Waals surface area contributed by atoms with E-state index >= 15 is 0 Å². The maximum atomic E-state index is 14.2. The summed E-state index contributed by atoms with van der Waals surface area (Å²) in [6, 6.07) is 5.31. The minimum atomic E-state index is -1.42. The molecule has 4 unspecified atom stereocenters. The number of nitrogens with zero attached hydrogens (tertiary/aromatic N) is 2. The van der Waals surface area contributed by atoms with E-state index in [0.29, 0.717) is 29.9 Å². The third kappa shape index (κ3) is 7.37. The highest BCUT2D eigenvalue weighted by Crippen LogP contribution is 2.45. The first-order valence-electron chi connectivity index (χ1n) is 15.9. The van der Waals surface area contributed by atoms with Gasteiger partial charge in [-0.1, -0.05) is 25.0 Å². The van der Waals surface area contributed by atoms with E-state index < -0.39 is 53.2 Å². The number of aliphatic carboxylic acids is 1. The molecule has 3 amide bonds. The summed E-state index contributed by atoms with van der Waals surface area (Å²) in [5.41, 5.74) is -0.799. The van der Waals surface area contributed by atoms with Gasteiger partial charge in [-0.15, -0.1) is 0 Å². The second kappa shape index (κ2) is 13.2. The van der Waals surface area contributed by atoms with Gasteiger partial charge in [0.25, 0.3) is 0 Å². The van der Waals surface area contributed by atoms with Crippen LogP contribution in [0, 0.1) is 12.8 Å². The Balaban J connectivity index is 1.46. The molecule has 5 rings (SSSR count). The molecule has 12 nitrogen and oxygen atoms in total. The number of carbonyl (C=O) groups excluding carboxylic acids is 3. The lowest BCUT2D eigenvalue weighted by Gasteiger charge is -2.30. The fourth-order valence-electron chi connectivity index (χ4n) is 6.30. The number of carbonyl (C=O) groups is 4. The van der Waals surface area contributed by atoms with Crippen molar-refractivity contribution in [3.05, 3.63) is 42.1 Å². The Hall–Kier alpha value is -4.35. The molecule has 1 aromatic heterocycles. The summed E-state index contributed by atoms with van der Waals surface area (Å²) in [6.07, 6.45) is 6.35. The molecule has 3 aliphatic rings. The molecule has 1 aromatic carbocycles. The van der Waals surface area contributed by atoms with Crippen molar-refractivity contribution in [2.45, 2.75) is 102 Å². The first kappa shape index (κ1) is 33.0. The molecule has 0 bridgehead atoms. The van der Waals surface area contributed by atoms with Crippen LogP contribution in [0.25, 0.3) is 10.9 Å². The van der Waals surface area contributed by atoms with Gasteiger partial charge in [-0.3, -0.25) is 14.6 Å². The molecule has 2 fully saturated rings. The van der Waals surface area contributed by atoms with E-state index in [0.717, 1.165) is 30.3 Å². The van der Waals surface area contributed by atoms with Crippen LogP contribution in [-0.2, 0) is 19.1 Å². The molecule has 1 saturated carbocycles. The van der Waals surface area contributed by atoms with Crippen LogP contribution in [0.15, 0.2) is 36.4 Å². The molecule has 2 aromatic rings. The van der Waals surface area contributed by atoms with Crippen molar-refractivity contribution in [2.75, 3.05) is 13.7 Å². The number of benzene rings is 1. The summed E-state index contributed by atoms with van der Waals surface area (Å²) >= 11 is 0. The number of aromatic nitrogens is 1. The summed E-state index contributed by atoms with van der Waals surface area (Å²) in [6.45, 7) is 7.13. The van der Waals surface area contributed by atoms with Gasteiger partial charge < -0.3 is 34.9 Å². The molecule has 46 heavy (non-hydrogen) atoms. The number of aryl methyl sites for hydroxylation is 1. The molecule has 12 heteroatoms. The lowest BCUT2D eigenvalue weighted by molar-refractivity contribution is -0.145. The molecule has 0 radical (unpaired) electrons. The highest BCUT2D eigenvalue weighted by molar-refractivity contribution is 5.96. The number of methoxy groups -OCH3 is 1. The van der Waals surface area contributed by atoms with Crippen LogP contribution < -0.4 is 20.1 Å². The zero-order valence-corrected chi connectivity index (χ0v) is 27.1. The molecule has 5 atom stereocenters. The molecule has 3 N–H and O–H groups in total. The van der Waals surface area contributed by atoms with E-state index in [1.807, 2.05) is 31.2 Å². The molecule has 0 spiro atoms. The number of carboxylic acids is 1. The fourth-order valence-corrected chi connectivity index (χ4v) is 6.30. The van der Waals surface area contributed by atoms with Gasteiger partial charge in [-0.05, 0) is 65.5 Å². The van der Waals surface area contributed by atoms with Gasteiger partial charge in [-0.25, -0.2) is 9.59 Å². The second-order valence-electron chi connectivity index (χ2n) is 13.5. The number of pyridine rings is 1. The number of hydrogen-bond acceptors (Lipinski definition) is 8. The molecular weight excluding hydrogens is 592 g/mol. The Morgan fingerprint density at radius 2 is 1.93 bits per heavy atom. The standard InChI is InChI=1S/C34H44N4O8/c1-20-15-28(24-14-13-22(44-5)16-26(24)35-20)45-23-17-27-29(39)37-34(31(41)42)18-21(34)11-9-7-6-8-10-12-25(30(40)38(27)19-23)36-32(43)46-33(2,3)4/h9,11,13-16,21,23,25,27H,6-8,10,12,17-19H2,1-5H3,(H,36,43)(H,37,39)(H,41,42)/b11-9-/t21?,23-,25?,27?,34?/m1/s1. The Morgan fingerprint density at radius 3 is 2.65 bits per heavy atom. The fraction of sp³-hybridized carbons (Fsp3) is 0.559. The Labute approximate surface area is 268 Å². The predicted molar refractivity (Wildman–Crippen MR) is 170 cm³/mol. The van der Waals surface area contributed by atoms with Crippen LogP contribution in [0.3, 0.4) is 0 Å². The van der Waals surface area contributed by atoms with Gasteiger partial charge in [0.05, 0.1) is 19.2 Å². The average Bonchev–Trinajstić information content (AvgIpc) is 3.51. The maximum Gasteiger partial charge on any atom is 0.408 e. The van der Waals surface area contributed by atoms with Gasteiger partial charge in [0.2, 0.25) is 11.8 Å². The number of alkyl carbamates (subject to hydrolysis) is 1. The van der Waals surface area contributed by atoms with Crippen molar-refractivity contribution in [1.82, 2.24) is 20.5 Å². The first-order valence-corrected chi connectivity index (χ1v) is 15.9. The van der Waals surface area contributed by atoms with E-state index in [9.17, 15) is 24.3 Å². The SMILES string of the molecule is COc1ccc2c(O[C@@H]3CC4C(=O)NC5(C(=O)O)CC5/C=C\CCCCCC(NC(=O)OC(C)(C)C)C(=O)N4C3)cc(C)nc2c1. The molecule has 1 saturated heterocycles. The minimum absolute atomic E-state index is 0.0613. The largest absolute Gasteiger partial charge is 0.497 e. The second-order valence-corrected chi connectivity index (χ2v) is 13.5. The van der Waals surface area contributed by atoms with E-state index in [1.54, 1.807) is 40.0 Å². The van der Waals surface area contributed by atoms with Gasteiger partial charge in [0.15, 0.2) is 0 Å². The van der Waals surface area contributed by atoms with Gasteiger partial charge in [-0.2, -0.15) is 0 Å². The lowest BCUT2D eigenvalue weighted by Crippen LogP contribution is -2.56. The van der Waals surface area contributed by atoms with Crippen LogP contribution in [0.4, 0.5) is 4.79 Å². The lowest BCUT2D eigenvalue weighted by atomic mass is 10.0. The molecule has 2 aliphatic heterocycles. The number of carboxylic acid groups (broad SMARTS) is 1. The Morgan fingerprint density at radius 1 is 1.15 bits per heavy atom. The van der Waals surface area contributed by atoms with Crippen LogP contribution >= 0.6 is 0 Å². The minimum Gasteiger partial charge on any atom is -0.497 e. The number of nitrogens with one attached hydrogen (secondary N) is 2. The van der Waals surface area contributed by atoms with Crippen LogP contribution in [0.5, 0.6) is 11.5 Å². The zero-order chi connectivity index (χ0) is 33.2. The predicted octanol–water partition coefficient (Wildman–Crippen LogP) is 4.27. The number of rotatable bonds is 5. The monoisotopic (exact) mass is 636 g/mol. The average molecular weight is 637 g/mol. The normalized spacial score (nSPS) is 27.7. The quantitative estimate of drug-likeness (QED) is 0.408. The van der Waals surface area contributed by atoms with E-state index in [2.05, 4.69) is 15.6 Å². The number of amides is 3. The van der Waals surface area contributed by atoms with E-state index in [-0.39, 0.29) is 25.3 Å². The smallest absolute Gasteiger partial charge is 0.408 e. The van der Waals surface area contributed by atoms with Crippen molar-refractivity contribution in [1.29, 1.82) is 0 Å². The summed E-state index contributed by atoms with van der Waals surface area (Å²) in [4.78, 5) is 59.3. The Bertz CT molecular complexity index is 1540. The highest BCUT2D eigenvalue weighted by Gasteiger charge is 2.61. The molecular formula is C34H44N4O8. The number of hydrogen-bond donors (Lipinski definition) is 3. The molecule has 3 heterocycles. The summed E-state index contributed by atoms with van der Waals surface area (Å²) in [5, 5.41) is 16.4. The number of ether oxygens (including phenoxy) is 3. The van der Waals surface area contributed by atoms with Gasteiger partial charge in [0.1, 0.15) is 40.8 Å². The summed E-state index contributed by atoms with van der Waals surface area (Å²) in [5.74, 6) is -1.26. The first-order chi connectivity index (χ1) is 21.8. The van der Waals surface area contributed by atoms with Crippen LogP contribution in [0.1, 0.15) is 71.4 Å². The summed E-state index contributed by atoms with van der Waals surface area (Å²) < 4.78 is 17.3. The van der Waals surface area contributed by atoms with Crippen LogP contribution in [0.2, 0.25) is 0 Å². The van der Waals surface area contributed by atoms with Gasteiger partial charge in [0, 0.05) is 35.6 Å². The van der Waals surface area contributed by atoms with Gasteiger partial charge >= 0.3 is 12.1 Å². The van der Waals surface area contributed by atoms with Crippen molar-refractivity contribution >= 4 is 34.8 Å². The Kier molecular flexibility index (Phi) is 9.46. The van der Waals surface area contributed by atoms with Crippen molar-refractivity contribution in [3.63, 3.8) is 0 Å². The molecule has 1 aliphatic carbocycles. The topological polar surface area (TPSA) is 156 Å².